The van der Waals surface area contributed by atoms with Crippen molar-refractivity contribution in [1.29, 1.82) is 0 Å². The lowest BCUT2D eigenvalue weighted by Crippen LogP contribution is -2.03. The molecule has 0 unspecified atom stereocenters. The molecule has 224 valence electrons. The average Bonchev–Trinajstić information content (AvgIpc) is 3.85. The Balaban J connectivity index is 0.000000147. The second-order valence-corrected chi connectivity index (χ2v) is 11.0. The molecule has 8 rings (SSSR count). The van der Waals surface area contributed by atoms with Crippen molar-refractivity contribution in [3.05, 3.63) is 150 Å². The van der Waals surface area contributed by atoms with E-state index in [0.29, 0.717) is 28.4 Å². The fraction of sp³-hybridized carbons (Fsp3) is 0.0256. The van der Waals surface area contributed by atoms with Gasteiger partial charge in [0.05, 0.1) is 11.1 Å². The number of anilines is 3. The maximum absolute atomic E-state index is 12.1. The van der Waals surface area contributed by atoms with Gasteiger partial charge in [-0.25, -0.2) is 0 Å². The first kappa shape index (κ1) is 28.4. The molecule has 0 bridgehead atoms. The Bertz CT molecular complexity index is 2030. The van der Waals surface area contributed by atoms with Crippen molar-refractivity contribution in [3.8, 4) is 22.6 Å². The molecule has 7 nitrogen and oxygen atoms in total. The van der Waals surface area contributed by atoms with E-state index in [1.165, 1.54) is 5.56 Å². The number of fused-ring (bicyclic) bond motifs is 2. The zero-order valence-corrected chi connectivity index (χ0v) is 24.9. The fourth-order valence-electron chi connectivity index (χ4n) is 5.51. The second-order valence-electron chi connectivity index (χ2n) is 11.0. The van der Waals surface area contributed by atoms with Gasteiger partial charge in [-0.3, -0.25) is 9.59 Å². The molecule has 4 N–H and O–H groups in total. The predicted octanol–water partition coefficient (Wildman–Crippen LogP) is 8.77. The van der Waals surface area contributed by atoms with Crippen LogP contribution in [0.3, 0.4) is 0 Å². The number of nitrogen functional groups attached to an aromatic ring is 1. The quantitative estimate of drug-likeness (QED) is 0.138. The number of aryl methyl sites for hydroxylation is 1. The Morgan fingerprint density at radius 3 is 1.59 bits per heavy atom. The molecule has 7 heteroatoms. The number of rotatable bonds is 4. The van der Waals surface area contributed by atoms with Crippen LogP contribution >= 0.6 is 0 Å². The zero-order valence-electron chi connectivity index (χ0n) is 24.9. The van der Waals surface area contributed by atoms with E-state index in [2.05, 4.69) is 29.7 Å². The third-order valence-electron chi connectivity index (χ3n) is 7.72. The SMILES string of the molecule is Cc1cccc(-c2ccc(/C=C3/C(=O)Nc4ccccc43)o2)c1.Nc1cccc(-c2ccc(/C=C3/C(=O)Nc4ccccc43)o2)c1. The van der Waals surface area contributed by atoms with E-state index in [1.807, 2.05) is 109 Å². The minimum atomic E-state index is -0.117. The van der Waals surface area contributed by atoms with Gasteiger partial charge in [0.25, 0.3) is 11.8 Å². The summed E-state index contributed by atoms with van der Waals surface area (Å²) in [7, 11) is 0. The highest BCUT2D eigenvalue weighted by Gasteiger charge is 2.25. The van der Waals surface area contributed by atoms with Gasteiger partial charge in [-0.05, 0) is 73.7 Å². The van der Waals surface area contributed by atoms with Gasteiger partial charge in [-0.2, -0.15) is 0 Å². The van der Waals surface area contributed by atoms with Crippen LogP contribution < -0.4 is 16.4 Å². The summed E-state index contributed by atoms with van der Waals surface area (Å²) in [5, 5.41) is 5.71. The number of benzene rings is 4. The third-order valence-corrected chi connectivity index (χ3v) is 7.72. The number of hydrogen-bond acceptors (Lipinski definition) is 5. The van der Waals surface area contributed by atoms with Crippen molar-refractivity contribution < 1.29 is 18.4 Å². The minimum Gasteiger partial charge on any atom is -0.457 e. The Kier molecular flexibility index (Phi) is 7.40. The van der Waals surface area contributed by atoms with Gasteiger partial charge < -0.3 is 25.2 Å². The first-order valence-corrected chi connectivity index (χ1v) is 14.8. The molecule has 0 spiro atoms. The van der Waals surface area contributed by atoms with E-state index in [1.54, 1.807) is 12.2 Å². The number of hydrogen-bond donors (Lipinski definition) is 3. The molecule has 0 saturated carbocycles. The molecule has 4 heterocycles. The van der Waals surface area contributed by atoms with Crippen molar-refractivity contribution >= 4 is 52.2 Å². The standard InChI is InChI=1S/C20H15NO2.C19H14N2O2/c1-13-5-4-6-14(11-13)19-10-9-15(23-19)12-17-16-7-2-3-8-18(16)21-20(17)22;20-13-5-3-4-12(10-13)18-9-8-14(23-18)11-16-15-6-1-2-7-17(15)21-19(16)22/h2-12H,1H3,(H,21,22);1-11H,20H2,(H,21,22)/b17-12+;16-11+. The Morgan fingerprint density at radius 1 is 0.565 bits per heavy atom. The van der Waals surface area contributed by atoms with Gasteiger partial charge in [0.1, 0.15) is 23.0 Å². The molecular weight excluding hydrogens is 574 g/mol. The number of nitrogens with one attached hydrogen (secondary N) is 2. The summed E-state index contributed by atoms with van der Waals surface area (Å²) >= 11 is 0. The van der Waals surface area contributed by atoms with Crippen molar-refractivity contribution in [1.82, 2.24) is 0 Å². The fourth-order valence-corrected chi connectivity index (χ4v) is 5.51. The summed E-state index contributed by atoms with van der Waals surface area (Å²) in [4.78, 5) is 24.3. The predicted molar refractivity (Wildman–Crippen MR) is 183 cm³/mol. The van der Waals surface area contributed by atoms with Gasteiger partial charge in [-0.1, -0.05) is 72.3 Å². The molecule has 0 aliphatic carbocycles. The molecule has 0 radical (unpaired) electrons. The third kappa shape index (κ3) is 5.77. The monoisotopic (exact) mass is 603 g/mol. The van der Waals surface area contributed by atoms with Crippen LogP contribution in [0, 0.1) is 6.92 Å². The molecule has 0 fully saturated rings. The molecule has 2 aliphatic rings. The molecular formula is C39H29N3O4. The molecule has 2 aromatic heterocycles. The van der Waals surface area contributed by atoms with E-state index in [-0.39, 0.29) is 11.8 Å². The van der Waals surface area contributed by atoms with Gasteiger partial charge in [0, 0.05) is 39.3 Å². The normalized spacial score (nSPS) is 14.8. The summed E-state index contributed by atoms with van der Waals surface area (Å²) in [5.41, 5.74) is 14.3. The van der Waals surface area contributed by atoms with Crippen LogP contribution in [0.4, 0.5) is 17.1 Å². The summed E-state index contributed by atoms with van der Waals surface area (Å²) in [6.45, 7) is 2.05. The summed E-state index contributed by atoms with van der Waals surface area (Å²) in [5.74, 6) is 2.60. The second kappa shape index (κ2) is 12.0. The highest BCUT2D eigenvalue weighted by Crippen LogP contribution is 2.35. The minimum absolute atomic E-state index is 0.0975. The summed E-state index contributed by atoms with van der Waals surface area (Å²) in [6.07, 6.45) is 3.55. The smallest absolute Gasteiger partial charge is 0.256 e. The molecule has 0 saturated heterocycles. The lowest BCUT2D eigenvalue weighted by molar-refractivity contribution is -0.111. The van der Waals surface area contributed by atoms with Crippen LogP contribution in [-0.4, -0.2) is 11.8 Å². The van der Waals surface area contributed by atoms with E-state index >= 15 is 0 Å². The first-order valence-electron chi connectivity index (χ1n) is 14.8. The van der Waals surface area contributed by atoms with E-state index in [9.17, 15) is 9.59 Å². The van der Waals surface area contributed by atoms with Crippen LogP contribution in [0.15, 0.2) is 130 Å². The lowest BCUT2D eigenvalue weighted by atomic mass is 10.1. The Morgan fingerprint density at radius 2 is 1.07 bits per heavy atom. The van der Waals surface area contributed by atoms with E-state index < -0.39 is 0 Å². The average molecular weight is 604 g/mol. The largest absolute Gasteiger partial charge is 0.457 e. The number of carbonyl (C=O) groups excluding carboxylic acids is 2. The van der Waals surface area contributed by atoms with Gasteiger partial charge in [0.2, 0.25) is 0 Å². The molecule has 2 amide bonds. The zero-order chi connectivity index (χ0) is 31.6. The van der Waals surface area contributed by atoms with Gasteiger partial charge >= 0.3 is 0 Å². The number of furan rings is 2. The van der Waals surface area contributed by atoms with Crippen LogP contribution in [0.2, 0.25) is 0 Å². The topological polar surface area (TPSA) is 111 Å². The van der Waals surface area contributed by atoms with Crippen LogP contribution in [0.1, 0.15) is 28.2 Å². The highest BCUT2D eigenvalue weighted by atomic mass is 16.3. The maximum Gasteiger partial charge on any atom is 0.256 e. The highest BCUT2D eigenvalue weighted by molar-refractivity contribution is 6.35. The van der Waals surface area contributed by atoms with Gasteiger partial charge in [-0.15, -0.1) is 0 Å². The summed E-state index contributed by atoms with van der Waals surface area (Å²) < 4.78 is 11.7. The van der Waals surface area contributed by atoms with Gasteiger partial charge in [0.15, 0.2) is 0 Å². The molecule has 46 heavy (non-hydrogen) atoms. The number of carbonyl (C=O) groups is 2. The van der Waals surface area contributed by atoms with Crippen molar-refractivity contribution in [2.45, 2.75) is 6.92 Å². The lowest BCUT2D eigenvalue weighted by Gasteiger charge is -1.98. The Hall–Kier alpha value is -6.34. The number of nitrogens with two attached hydrogens (primary N) is 1. The van der Waals surface area contributed by atoms with Crippen molar-refractivity contribution in [3.63, 3.8) is 0 Å². The van der Waals surface area contributed by atoms with Crippen molar-refractivity contribution in [2.75, 3.05) is 16.4 Å². The molecule has 0 atom stereocenters. The maximum atomic E-state index is 12.1. The van der Waals surface area contributed by atoms with E-state index in [0.717, 1.165) is 45.1 Å². The Labute approximate surface area is 265 Å². The van der Waals surface area contributed by atoms with Crippen LogP contribution in [0.25, 0.3) is 45.9 Å². The summed E-state index contributed by atoms with van der Waals surface area (Å²) in [6, 6.07) is 38.5. The van der Waals surface area contributed by atoms with Crippen LogP contribution in [-0.2, 0) is 9.59 Å². The van der Waals surface area contributed by atoms with Crippen molar-refractivity contribution in [2.24, 2.45) is 0 Å². The molecule has 6 aromatic rings. The first-order chi connectivity index (χ1) is 22.4. The number of amides is 2. The van der Waals surface area contributed by atoms with E-state index in [4.69, 9.17) is 14.6 Å². The molecule has 2 aliphatic heterocycles. The van der Waals surface area contributed by atoms with Crippen LogP contribution in [0.5, 0.6) is 0 Å². The molecule has 4 aromatic carbocycles. The number of para-hydroxylation sites is 2.